The van der Waals surface area contributed by atoms with Crippen LogP contribution in [0.3, 0.4) is 0 Å². The van der Waals surface area contributed by atoms with Crippen LogP contribution >= 0.6 is 11.3 Å². The highest BCUT2D eigenvalue weighted by Gasteiger charge is 2.13. The molecule has 0 aliphatic rings. The van der Waals surface area contributed by atoms with E-state index in [0.29, 0.717) is 36.1 Å². The number of hydrogen-bond acceptors (Lipinski definition) is 7. The van der Waals surface area contributed by atoms with Crippen LogP contribution in [0.4, 0.5) is 5.69 Å². The summed E-state index contributed by atoms with van der Waals surface area (Å²) in [5.74, 6) is 1.13. The number of allylic oxidation sites excluding steroid dienone is 2. The van der Waals surface area contributed by atoms with Crippen molar-refractivity contribution in [3.63, 3.8) is 0 Å². The van der Waals surface area contributed by atoms with Gasteiger partial charge in [-0.25, -0.2) is 10.5 Å². The van der Waals surface area contributed by atoms with Crippen molar-refractivity contribution in [2.45, 2.75) is 6.61 Å². The molecule has 0 fully saturated rings. The van der Waals surface area contributed by atoms with E-state index in [0.717, 1.165) is 4.88 Å². The Hall–Kier alpha value is -2.42. The highest BCUT2D eigenvalue weighted by molar-refractivity contribution is 7.10. The Bertz CT molecular complexity index is 650. The van der Waals surface area contributed by atoms with Crippen LogP contribution in [0, 0.1) is 0 Å². The average Bonchev–Trinajstić information content (AvgIpc) is 3.01. The molecule has 1 rings (SSSR count). The second kappa shape index (κ2) is 12.0. The van der Waals surface area contributed by atoms with Crippen molar-refractivity contribution in [1.82, 2.24) is 5.48 Å². The second-order valence-corrected chi connectivity index (χ2v) is 5.47. The Balaban J connectivity index is 2.98. The summed E-state index contributed by atoms with van der Waals surface area (Å²) < 4.78 is 15.4. The van der Waals surface area contributed by atoms with E-state index in [-0.39, 0.29) is 0 Å². The topological polar surface area (TPSA) is 73.7 Å². The monoisotopic (exact) mass is 365 g/mol. The highest BCUT2D eigenvalue weighted by atomic mass is 32.1. The van der Waals surface area contributed by atoms with Gasteiger partial charge in [0.05, 0.1) is 30.9 Å². The quantitative estimate of drug-likeness (QED) is 0.202. The number of nitrogens with zero attached hydrogens (tertiary/aromatic N) is 2. The van der Waals surface area contributed by atoms with Crippen LogP contribution in [0.25, 0.3) is 0 Å². The molecule has 0 aromatic carbocycles. The van der Waals surface area contributed by atoms with Crippen molar-refractivity contribution in [3.05, 3.63) is 46.5 Å². The number of thiophene rings is 1. The van der Waals surface area contributed by atoms with E-state index in [2.05, 4.69) is 28.8 Å². The van der Waals surface area contributed by atoms with Crippen LogP contribution < -0.4 is 10.3 Å². The molecule has 1 N–H and O–H groups in total. The molecule has 0 saturated carbocycles. The summed E-state index contributed by atoms with van der Waals surface area (Å²) in [6, 6.07) is 0. The van der Waals surface area contributed by atoms with E-state index < -0.39 is 0 Å². The van der Waals surface area contributed by atoms with Crippen LogP contribution in [-0.2, 0) is 20.8 Å². The average molecular weight is 365 g/mol. The number of ether oxygens (including phenoxy) is 3. The Morgan fingerprint density at radius 2 is 2.12 bits per heavy atom. The lowest BCUT2D eigenvalue weighted by Gasteiger charge is -2.10. The lowest BCUT2D eigenvalue weighted by atomic mass is 10.3. The molecule has 0 radical (unpaired) electrons. The number of aliphatic imine (C=N–C) groups is 2. The van der Waals surface area contributed by atoms with Gasteiger partial charge >= 0.3 is 0 Å². The molecule has 1 aromatic heterocycles. The first-order valence-electron chi connectivity index (χ1n) is 7.27. The van der Waals surface area contributed by atoms with E-state index in [4.69, 9.17) is 19.0 Å². The van der Waals surface area contributed by atoms with Gasteiger partial charge in [-0.3, -0.25) is 4.99 Å². The van der Waals surface area contributed by atoms with Crippen LogP contribution in [0.15, 0.2) is 51.6 Å². The Morgan fingerprint density at radius 3 is 2.72 bits per heavy atom. The molecule has 0 aliphatic heterocycles. The zero-order valence-electron chi connectivity index (χ0n) is 14.7. The smallest absolute Gasteiger partial charge is 0.191 e. The molecular weight excluding hydrogens is 342 g/mol. The van der Waals surface area contributed by atoms with Crippen molar-refractivity contribution in [2.24, 2.45) is 9.98 Å². The molecule has 1 aromatic rings. The maximum absolute atomic E-state index is 5.68. The Kier molecular flexibility index (Phi) is 9.91. The SMILES string of the molecule is C=C/C(=C\C(=C/COC)NOc1csc(COC)c1/N=C\N=C)OC. The fraction of sp³-hybridized carbons (Fsp3) is 0.294. The minimum atomic E-state index is 0.403. The first-order chi connectivity index (χ1) is 12.2. The number of rotatable bonds is 12. The maximum Gasteiger partial charge on any atom is 0.191 e. The third-order valence-electron chi connectivity index (χ3n) is 2.83. The van der Waals surface area contributed by atoms with Gasteiger partial charge in [-0.1, -0.05) is 6.58 Å². The van der Waals surface area contributed by atoms with Gasteiger partial charge in [0.1, 0.15) is 17.8 Å². The van der Waals surface area contributed by atoms with Crippen LogP contribution in [0.1, 0.15) is 4.88 Å². The maximum atomic E-state index is 5.68. The Labute approximate surface area is 151 Å². The van der Waals surface area contributed by atoms with Crippen molar-refractivity contribution in [2.75, 3.05) is 27.9 Å². The predicted octanol–water partition coefficient (Wildman–Crippen LogP) is 3.38. The lowest BCUT2D eigenvalue weighted by molar-refractivity contribution is 0.187. The third-order valence-corrected chi connectivity index (χ3v) is 3.76. The summed E-state index contributed by atoms with van der Waals surface area (Å²) in [5, 5.41) is 1.83. The van der Waals surface area contributed by atoms with E-state index in [1.807, 2.05) is 5.38 Å². The summed E-state index contributed by atoms with van der Waals surface area (Å²) in [6.07, 6.45) is 6.49. The van der Waals surface area contributed by atoms with Gasteiger partial charge in [-0.05, 0) is 18.9 Å². The molecule has 0 atom stereocenters. The molecule has 0 aliphatic carbocycles. The van der Waals surface area contributed by atoms with Gasteiger partial charge in [-0.15, -0.1) is 11.3 Å². The third kappa shape index (κ3) is 6.92. The molecular formula is C17H23N3O4S. The molecule has 8 heteroatoms. The standard InChI is InChI=1S/C17H23N3O4S/c1-6-14(23-5)9-13(7-8-21-3)20-24-15-11-25-16(10-22-4)17(15)19-12-18-2/h6-7,9,11-12,20H,1-2,8,10H2,3-5H3/b13-7+,14-9+,19-12-. The zero-order chi connectivity index (χ0) is 18.5. The number of methoxy groups -OCH3 is 3. The largest absolute Gasteiger partial charge is 0.497 e. The Morgan fingerprint density at radius 1 is 1.32 bits per heavy atom. The summed E-state index contributed by atoms with van der Waals surface area (Å²) in [4.78, 5) is 14.5. The van der Waals surface area contributed by atoms with E-state index in [1.54, 1.807) is 39.6 Å². The fourth-order valence-corrected chi connectivity index (χ4v) is 2.55. The molecule has 0 spiro atoms. The minimum absolute atomic E-state index is 0.403. The molecule has 1 heterocycles. The van der Waals surface area contributed by atoms with E-state index in [9.17, 15) is 0 Å². The summed E-state index contributed by atoms with van der Waals surface area (Å²) in [6.45, 7) is 7.90. The molecule has 0 saturated heterocycles. The minimum Gasteiger partial charge on any atom is -0.497 e. The van der Waals surface area contributed by atoms with Crippen LogP contribution in [0.2, 0.25) is 0 Å². The van der Waals surface area contributed by atoms with Gasteiger partial charge < -0.3 is 19.0 Å². The molecule has 0 bridgehead atoms. The molecule has 25 heavy (non-hydrogen) atoms. The first-order valence-corrected chi connectivity index (χ1v) is 8.15. The molecule has 0 amide bonds. The molecule has 136 valence electrons. The lowest BCUT2D eigenvalue weighted by Crippen LogP contribution is -2.17. The summed E-state index contributed by atoms with van der Waals surface area (Å²) >= 11 is 1.48. The number of hydroxylamine groups is 1. The summed E-state index contributed by atoms with van der Waals surface area (Å²) in [5.41, 5.74) is 4.15. The predicted molar refractivity (Wildman–Crippen MR) is 102 cm³/mol. The van der Waals surface area contributed by atoms with Crippen LogP contribution in [0.5, 0.6) is 5.75 Å². The second-order valence-electron chi connectivity index (χ2n) is 4.51. The number of hydrogen-bond donors (Lipinski definition) is 1. The number of nitrogens with one attached hydrogen (secondary N) is 1. The van der Waals surface area contributed by atoms with Crippen molar-refractivity contribution < 1.29 is 19.0 Å². The molecule has 0 unspecified atom stereocenters. The van der Waals surface area contributed by atoms with E-state index >= 15 is 0 Å². The van der Waals surface area contributed by atoms with Gasteiger partial charge in [0.25, 0.3) is 0 Å². The van der Waals surface area contributed by atoms with Crippen LogP contribution in [-0.4, -0.2) is 41.0 Å². The van der Waals surface area contributed by atoms with Crippen molar-refractivity contribution >= 4 is 30.1 Å². The fourth-order valence-electron chi connectivity index (χ4n) is 1.69. The molecule has 7 nitrogen and oxygen atoms in total. The van der Waals surface area contributed by atoms with Gasteiger partial charge in [0, 0.05) is 25.7 Å². The first kappa shape index (κ1) is 20.6. The van der Waals surface area contributed by atoms with Crippen molar-refractivity contribution in [1.29, 1.82) is 0 Å². The zero-order valence-corrected chi connectivity index (χ0v) is 15.5. The van der Waals surface area contributed by atoms with Gasteiger partial charge in [0.2, 0.25) is 0 Å². The van der Waals surface area contributed by atoms with Gasteiger partial charge in [-0.2, -0.15) is 0 Å². The van der Waals surface area contributed by atoms with Crippen molar-refractivity contribution in [3.8, 4) is 5.75 Å². The highest BCUT2D eigenvalue weighted by Crippen LogP contribution is 2.37. The van der Waals surface area contributed by atoms with Gasteiger partial charge in [0.15, 0.2) is 5.75 Å². The summed E-state index contributed by atoms with van der Waals surface area (Å²) in [7, 11) is 4.79. The normalized spacial score (nSPS) is 12.3. The van der Waals surface area contributed by atoms with E-state index in [1.165, 1.54) is 17.7 Å².